The van der Waals surface area contributed by atoms with E-state index < -0.39 is 11.9 Å². The summed E-state index contributed by atoms with van der Waals surface area (Å²) in [5.41, 5.74) is 2.48. The van der Waals surface area contributed by atoms with Crippen molar-refractivity contribution in [3.8, 4) is 5.75 Å². The lowest BCUT2D eigenvalue weighted by Crippen LogP contribution is -2.41. The molecule has 1 N–H and O–H groups in total. The highest BCUT2D eigenvalue weighted by Crippen LogP contribution is 2.25. The van der Waals surface area contributed by atoms with Crippen LogP contribution >= 0.6 is 0 Å². The van der Waals surface area contributed by atoms with Gasteiger partial charge in [0.1, 0.15) is 11.9 Å². The van der Waals surface area contributed by atoms with Crippen molar-refractivity contribution >= 4 is 11.9 Å². The van der Waals surface area contributed by atoms with Gasteiger partial charge in [-0.15, -0.1) is 0 Å². The molecule has 1 aromatic rings. The minimum atomic E-state index is -0.810. The lowest BCUT2D eigenvalue weighted by Gasteiger charge is -2.32. The van der Waals surface area contributed by atoms with Crippen LogP contribution in [0.2, 0.25) is 0 Å². The molecule has 2 fully saturated rings. The van der Waals surface area contributed by atoms with E-state index in [4.69, 9.17) is 14.6 Å². The average molecular weight is 375 g/mol. The molecule has 0 saturated carbocycles. The second-order valence-corrected chi connectivity index (χ2v) is 7.71. The molecule has 1 aromatic carbocycles. The average Bonchev–Trinajstić information content (AvgIpc) is 3.13. The maximum atomic E-state index is 12.4. The molecule has 2 atom stereocenters. The van der Waals surface area contributed by atoms with Gasteiger partial charge in [0.25, 0.3) is 0 Å². The van der Waals surface area contributed by atoms with Crippen LogP contribution in [-0.4, -0.2) is 53.8 Å². The first-order valence-corrected chi connectivity index (χ1v) is 9.78. The van der Waals surface area contributed by atoms with Crippen LogP contribution in [0, 0.1) is 19.8 Å². The molecule has 3 rings (SSSR count). The normalized spacial score (nSPS) is 23.4. The second kappa shape index (κ2) is 8.74. The molecule has 0 radical (unpaired) electrons. The Morgan fingerprint density at radius 2 is 1.96 bits per heavy atom. The molecule has 2 aliphatic heterocycles. The number of hydrogen-bond donors (Lipinski definition) is 1. The number of likely N-dealkylation sites (tertiary alicyclic amines) is 1. The lowest BCUT2D eigenvalue weighted by atomic mass is 10.0. The molecule has 2 heterocycles. The highest BCUT2D eigenvalue weighted by atomic mass is 16.5. The summed E-state index contributed by atoms with van der Waals surface area (Å²) in [6, 6.07) is 6.15. The van der Waals surface area contributed by atoms with Crippen LogP contribution in [0.25, 0.3) is 0 Å². The van der Waals surface area contributed by atoms with Gasteiger partial charge < -0.3 is 19.5 Å². The number of aliphatic carboxylic acids is 1. The van der Waals surface area contributed by atoms with Crippen LogP contribution in [0.5, 0.6) is 5.75 Å². The van der Waals surface area contributed by atoms with Gasteiger partial charge in [-0.2, -0.15) is 0 Å². The molecular weight excluding hydrogens is 346 g/mol. The number of rotatable bonds is 6. The number of carbonyl (C=O) groups excluding carboxylic acids is 1. The van der Waals surface area contributed by atoms with Crippen LogP contribution in [-0.2, 0) is 14.3 Å². The number of carbonyl (C=O) groups is 2. The summed E-state index contributed by atoms with van der Waals surface area (Å²) in [7, 11) is 0. The van der Waals surface area contributed by atoms with Crippen molar-refractivity contribution < 1.29 is 24.2 Å². The molecule has 148 valence electrons. The zero-order valence-corrected chi connectivity index (χ0v) is 16.1. The van der Waals surface area contributed by atoms with Crippen molar-refractivity contribution in [2.75, 3.05) is 19.7 Å². The van der Waals surface area contributed by atoms with E-state index in [1.165, 1.54) is 11.1 Å². The second-order valence-electron chi connectivity index (χ2n) is 7.71. The van der Waals surface area contributed by atoms with Gasteiger partial charge in [0.05, 0.1) is 18.6 Å². The lowest BCUT2D eigenvalue weighted by molar-refractivity contribution is -0.141. The number of piperidine rings is 1. The predicted molar refractivity (Wildman–Crippen MR) is 101 cm³/mol. The number of benzene rings is 1. The van der Waals surface area contributed by atoms with E-state index in [2.05, 4.69) is 26.0 Å². The van der Waals surface area contributed by atoms with Crippen molar-refractivity contribution in [2.24, 2.45) is 5.92 Å². The Morgan fingerprint density at radius 3 is 2.59 bits per heavy atom. The number of hydrogen-bond acceptors (Lipinski definition) is 4. The summed E-state index contributed by atoms with van der Waals surface area (Å²) < 4.78 is 11.6. The number of carboxylic acids is 1. The van der Waals surface area contributed by atoms with E-state index in [1.807, 2.05) is 11.0 Å². The number of aryl methyl sites for hydroxylation is 2. The SMILES string of the molecule is Cc1ccc(OC2CCN(C(=O)CC[C@@H]3C[C@H](C(=O)O)CO3)CC2)cc1C. The molecule has 0 aromatic heterocycles. The number of nitrogens with zero attached hydrogens (tertiary/aromatic N) is 1. The molecule has 0 spiro atoms. The summed E-state index contributed by atoms with van der Waals surface area (Å²) in [4.78, 5) is 25.3. The maximum Gasteiger partial charge on any atom is 0.308 e. The quantitative estimate of drug-likeness (QED) is 0.827. The van der Waals surface area contributed by atoms with Crippen molar-refractivity contribution in [3.05, 3.63) is 29.3 Å². The summed E-state index contributed by atoms with van der Waals surface area (Å²) in [5, 5.41) is 9.00. The highest BCUT2D eigenvalue weighted by molar-refractivity contribution is 5.76. The van der Waals surface area contributed by atoms with E-state index in [9.17, 15) is 9.59 Å². The summed E-state index contributed by atoms with van der Waals surface area (Å²) >= 11 is 0. The van der Waals surface area contributed by atoms with Gasteiger partial charge >= 0.3 is 5.97 Å². The fraction of sp³-hybridized carbons (Fsp3) is 0.619. The number of ether oxygens (including phenoxy) is 2. The van der Waals surface area contributed by atoms with Crippen LogP contribution in [0.15, 0.2) is 18.2 Å². The van der Waals surface area contributed by atoms with Gasteiger partial charge in [-0.25, -0.2) is 0 Å². The largest absolute Gasteiger partial charge is 0.490 e. The Hall–Kier alpha value is -2.08. The fourth-order valence-corrected chi connectivity index (χ4v) is 3.72. The molecule has 0 bridgehead atoms. The Kier molecular flexibility index (Phi) is 6.37. The maximum absolute atomic E-state index is 12.4. The minimum absolute atomic E-state index is 0.110. The first-order chi connectivity index (χ1) is 12.9. The molecule has 0 aliphatic carbocycles. The van der Waals surface area contributed by atoms with Gasteiger partial charge in [0, 0.05) is 32.4 Å². The Bertz CT molecular complexity index is 681. The highest BCUT2D eigenvalue weighted by Gasteiger charge is 2.31. The first-order valence-electron chi connectivity index (χ1n) is 9.78. The zero-order valence-electron chi connectivity index (χ0n) is 16.1. The molecule has 6 heteroatoms. The molecular formula is C21H29NO5. The molecule has 2 saturated heterocycles. The number of amides is 1. The molecule has 2 aliphatic rings. The van der Waals surface area contributed by atoms with Crippen LogP contribution in [0.4, 0.5) is 0 Å². The zero-order chi connectivity index (χ0) is 19.4. The minimum Gasteiger partial charge on any atom is -0.490 e. The van der Waals surface area contributed by atoms with Gasteiger partial charge in [0.2, 0.25) is 5.91 Å². The van der Waals surface area contributed by atoms with Gasteiger partial charge in [-0.05, 0) is 49.9 Å². The fourth-order valence-electron chi connectivity index (χ4n) is 3.72. The Labute approximate surface area is 160 Å². The Balaban J connectivity index is 1.39. The Morgan fingerprint density at radius 1 is 1.22 bits per heavy atom. The van der Waals surface area contributed by atoms with Gasteiger partial charge in [-0.3, -0.25) is 9.59 Å². The standard InChI is InChI=1S/C21H29NO5/c1-14-3-4-19(11-15(14)2)27-17-7-9-22(10-8-17)20(23)6-5-18-12-16(13-26-18)21(24)25/h3-4,11,16-18H,5-10,12-13H2,1-2H3,(H,24,25)/t16-,18+/m0/s1. The number of carboxylic acid groups (broad SMARTS) is 1. The van der Waals surface area contributed by atoms with Gasteiger partial charge in [0.15, 0.2) is 0 Å². The topological polar surface area (TPSA) is 76.1 Å². The van der Waals surface area contributed by atoms with E-state index in [0.29, 0.717) is 32.4 Å². The predicted octanol–water partition coefficient (Wildman–Crippen LogP) is 2.94. The van der Waals surface area contributed by atoms with Crippen molar-refractivity contribution in [2.45, 2.75) is 58.2 Å². The third kappa shape index (κ3) is 5.22. The summed E-state index contributed by atoms with van der Waals surface area (Å²) in [6.07, 6.45) is 3.22. The third-order valence-electron chi connectivity index (χ3n) is 5.69. The molecule has 6 nitrogen and oxygen atoms in total. The van der Waals surface area contributed by atoms with E-state index in [0.717, 1.165) is 18.6 Å². The molecule has 27 heavy (non-hydrogen) atoms. The summed E-state index contributed by atoms with van der Waals surface area (Å²) in [5.74, 6) is -0.214. The third-order valence-corrected chi connectivity index (χ3v) is 5.69. The summed E-state index contributed by atoms with van der Waals surface area (Å²) in [6.45, 7) is 5.84. The van der Waals surface area contributed by atoms with E-state index >= 15 is 0 Å². The van der Waals surface area contributed by atoms with Gasteiger partial charge in [-0.1, -0.05) is 6.07 Å². The van der Waals surface area contributed by atoms with E-state index in [-0.39, 0.29) is 24.7 Å². The molecule has 0 unspecified atom stereocenters. The monoisotopic (exact) mass is 375 g/mol. The molecule has 1 amide bonds. The van der Waals surface area contributed by atoms with Crippen molar-refractivity contribution in [3.63, 3.8) is 0 Å². The first kappa shape index (κ1) is 19.7. The van der Waals surface area contributed by atoms with E-state index in [1.54, 1.807) is 0 Å². The van der Waals surface area contributed by atoms with Crippen molar-refractivity contribution in [1.82, 2.24) is 4.90 Å². The van der Waals surface area contributed by atoms with Crippen LogP contribution in [0.1, 0.15) is 43.2 Å². The smallest absolute Gasteiger partial charge is 0.308 e. The van der Waals surface area contributed by atoms with Crippen molar-refractivity contribution in [1.29, 1.82) is 0 Å². The van der Waals surface area contributed by atoms with Crippen LogP contribution < -0.4 is 4.74 Å². The van der Waals surface area contributed by atoms with Crippen LogP contribution in [0.3, 0.4) is 0 Å².